The fraction of sp³-hybridized carbons (Fsp3) is 0.800. The summed E-state index contributed by atoms with van der Waals surface area (Å²) >= 11 is 0. The Kier molecular flexibility index (Phi) is 9.18. The fourth-order valence-corrected chi connectivity index (χ4v) is 0.894. The minimum atomic E-state index is -0.946. The third kappa shape index (κ3) is 8.49. The van der Waals surface area contributed by atoms with Crippen molar-refractivity contribution in [1.82, 2.24) is 0 Å². The Bertz CT molecular complexity index is 231. The molecule has 0 aliphatic rings. The van der Waals surface area contributed by atoms with Crippen LogP contribution < -0.4 is 5.73 Å². The lowest BCUT2D eigenvalue weighted by atomic mass is 10.2. The van der Waals surface area contributed by atoms with Crippen LogP contribution in [0.2, 0.25) is 0 Å². The van der Waals surface area contributed by atoms with Crippen LogP contribution >= 0.6 is 12.4 Å². The largest absolute Gasteiger partial charge is 0.463 e. The number of halogens is 1. The van der Waals surface area contributed by atoms with Gasteiger partial charge in [-0.3, -0.25) is 9.59 Å². The van der Waals surface area contributed by atoms with E-state index in [0.29, 0.717) is 0 Å². The number of ether oxygens (including phenoxy) is 2. The molecule has 1 atom stereocenters. The molecule has 0 aromatic heterocycles. The quantitative estimate of drug-likeness (QED) is 0.741. The number of hydrogen-bond acceptors (Lipinski definition) is 5. The first-order valence-electron chi connectivity index (χ1n) is 4.98. The molecule has 0 aliphatic carbocycles. The normalized spacial score (nSPS) is 11.9. The van der Waals surface area contributed by atoms with E-state index in [2.05, 4.69) is 0 Å². The molecule has 0 rings (SSSR count). The molecule has 0 unspecified atom stereocenters. The van der Waals surface area contributed by atoms with Crippen molar-refractivity contribution in [3.8, 4) is 0 Å². The van der Waals surface area contributed by atoms with Crippen molar-refractivity contribution in [2.45, 2.75) is 52.4 Å². The smallest absolute Gasteiger partial charge is 0.323 e. The first-order chi connectivity index (χ1) is 6.82. The molecule has 0 aliphatic heterocycles. The summed E-state index contributed by atoms with van der Waals surface area (Å²) in [4.78, 5) is 22.4. The van der Waals surface area contributed by atoms with Crippen molar-refractivity contribution in [1.29, 1.82) is 0 Å². The molecule has 0 spiro atoms. The van der Waals surface area contributed by atoms with Crippen molar-refractivity contribution in [3.05, 3.63) is 0 Å². The second kappa shape index (κ2) is 8.35. The van der Waals surface area contributed by atoms with Crippen LogP contribution in [0.1, 0.15) is 34.1 Å². The van der Waals surface area contributed by atoms with Crippen molar-refractivity contribution in [3.63, 3.8) is 0 Å². The van der Waals surface area contributed by atoms with Gasteiger partial charge in [0.1, 0.15) is 6.04 Å². The van der Waals surface area contributed by atoms with Gasteiger partial charge in [-0.2, -0.15) is 0 Å². The molecule has 0 heterocycles. The van der Waals surface area contributed by atoms with Crippen LogP contribution in [0.15, 0.2) is 0 Å². The summed E-state index contributed by atoms with van der Waals surface area (Å²) in [5.41, 5.74) is 5.47. The third-order valence-electron chi connectivity index (χ3n) is 1.41. The van der Waals surface area contributed by atoms with Crippen molar-refractivity contribution < 1.29 is 19.1 Å². The van der Waals surface area contributed by atoms with E-state index >= 15 is 0 Å². The Morgan fingerprint density at radius 2 is 1.50 bits per heavy atom. The average molecular weight is 254 g/mol. The van der Waals surface area contributed by atoms with E-state index in [1.54, 1.807) is 27.7 Å². The highest BCUT2D eigenvalue weighted by molar-refractivity contribution is 5.85. The van der Waals surface area contributed by atoms with E-state index in [-0.39, 0.29) is 31.0 Å². The van der Waals surface area contributed by atoms with Gasteiger partial charge in [-0.25, -0.2) is 0 Å². The highest BCUT2D eigenvalue weighted by atomic mass is 35.5. The summed E-state index contributed by atoms with van der Waals surface area (Å²) in [5.74, 6) is -1.07. The lowest BCUT2D eigenvalue weighted by Gasteiger charge is -2.14. The second-order valence-corrected chi connectivity index (χ2v) is 3.83. The van der Waals surface area contributed by atoms with Crippen LogP contribution in [-0.2, 0) is 19.1 Å². The summed E-state index contributed by atoms with van der Waals surface area (Å²) in [7, 11) is 0. The van der Waals surface area contributed by atoms with Crippen molar-refractivity contribution in [2.24, 2.45) is 5.73 Å². The zero-order chi connectivity index (χ0) is 12.0. The van der Waals surface area contributed by atoms with E-state index in [9.17, 15) is 9.59 Å². The Hall–Kier alpha value is -0.810. The summed E-state index contributed by atoms with van der Waals surface area (Å²) in [5, 5.41) is 0. The molecule has 0 bridgehead atoms. The average Bonchev–Trinajstić information content (AvgIpc) is 2.00. The molecule has 16 heavy (non-hydrogen) atoms. The molecule has 0 aromatic carbocycles. The van der Waals surface area contributed by atoms with E-state index in [0.717, 1.165) is 0 Å². The van der Waals surface area contributed by atoms with Gasteiger partial charge in [-0.1, -0.05) is 0 Å². The van der Waals surface area contributed by atoms with Gasteiger partial charge in [0.05, 0.1) is 18.6 Å². The maximum atomic E-state index is 11.2. The van der Waals surface area contributed by atoms with Crippen LogP contribution in [0.3, 0.4) is 0 Å². The summed E-state index contributed by atoms with van der Waals surface area (Å²) in [6.45, 7) is 6.90. The monoisotopic (exact) mass is 253 g/mol. The lowest BCUT2D eigenvalue weighted by Crippen LogP contribution is -2.36. The number of nitrogens with two attached hydrogens (primary N) is 1. The SMILES string of the molecule is CC(C)OC(=O)C[C@H](N)C(=O)OC(C)C.Cl. The Labute approximate surface area is 102 Å². The van der Waals surface area contributed by atoms with Gasteiger partial charge in [0.25, 0.3) is 0 Å². The number of carbonyl (C=O) groups excluding carboxylic acids is 2. The first-order valence-corrected chi connectivity index (χ1v) is 4.98. The molecule has 0 aromatic rings. The van der Waals surface area contributed by atoms with Crippen molar-refractivity contribution in [2.75, 3.05) is 0 Å². The molecule has 0 radical (unpaired) electrons. The number of rotatable bonds is 5. The molecule has 6 heteroatoms. The second-order valence-electron chi connectivity index (χ2n) is 3.83. The van der Waals surface area contributed by atoms with E-state index in [1.807, 2.05) is 0 Å². The van der Waals surface area contributed by atoms with Crippen LogP contribution in [-0.4, -0.2) is 30.2 Å². The van der Waals surface area contributed by atoms with Gasteiger partial charge >= 0.3 is 11.9 Å². The highest BCUT2D eigenvalue weighted by Gasteiger charge is 2.21. The Balaban J connectivity index is 0. The van der Waals surface area contributed by atoms with Crippen molar-refractivity contribution >= 4 is 24.3 Å². The summed E-state index contributed by atoms with van der Waals surface area (Å²) in [6, 6.07) is -0.946. The van der Waals surface area contributed by atoms with Gasteiger partial charge in [0.15, 0.2) is 0 Å². The third-order valence-corrected chi connectivity index (χ3v) is 1.41. The maximum Gasteiger partial charge on any atom is 0.323 e. The van der Waals surface area contributed by atoms with Gasteiger partial charge in [-0.05, 0) is 27.7 Å². The van der Waals surface area contributed by atoms with Crippen LogP contribution in [0.5, 0.6) is 0 Å². The van der Waals surface area contributed by atoms with Crippen LogP contribution in [0.25, 0.3) is 0 Å². The predicted molar refractivity (Wildman–Crippen MR) is 62.3 cm³/mol. The molecule has 0 amide bonds. The molecule has 0 saturated heterocycles. The van der Waals surface area contributed by atoms with E-state index < -0.39 is 18.0 Å². The standard InChI is InChI=1S/C10H19NO4.ClH/c1-6(2)14-9(12)5-8(11)10(13)15-7(3)4;/h6-8H,5,11H2,1-4H3;1H/t8-;/m0./s1. The summed E-state index contributed by atoms with van der Waals surface area (Å²) < 4.78 is 9.70. The number of esters is 2. The van der Waals surface area contributed by atoms with Gasteiger partial charge in [0, 0.05) is 0 Å². The van der Waals surface area contributed by atoms with E-state index in [4.69, 9.17) is 15.2 Å². The molecule has 2 N–H and O–H groups in total. The Morgan fingerprint density at radius 1 is 1.06 bits per heavy atom. The molecule has 0 saturated carbocycles. The van der Waals surface area contributed by atoms with Crippen LogP contribution in [0, 0.1) is 0 Å². The molecule has 5 nitrogen and oxygen atoms in total. The lowest BCUT2D eigenvalue weighted by molar-refractivity contribution is -0.155. The predicted octanol–water partition coefficient (Wildman–Crippen LogP) is 1.03. The topological polar surface area (TPSA) is 78.6 Å². The van der Waals surface area contributed by atoms with Gasteiger partial charge in [-0.15, -0.1) is 12.4 Å². The molecular weight excluding hydrogens is 234 g/mol. The van der Waals surface area contributed by atoms with E-state index in [1.165, 1.54) is 0 Å². The van der Waals surface area contributed by atoms with Gasteiger partial charge in [0.2, 0.25) is 0 Å². The first kappa shape index (κ1) is 17.6. The molecule has 0 fully saturated rings. The number of hydrogen-bond donors (Lipinski definition) is 1. The Morgan fingerprint density at radius 3 is 1.88 bits per heavy atom. The molecule has 96 valence electrons. The zero-order valence-electron chi connectivity index (χ0n) is 10.1. The maximum absolute atomic E-state index is 11.2. The fourth-order valence-electron chi connectivity index (χ4n) is 0.894. The molecular formula is C10H20ClNO4. The highest BCUT2D eigenvalue weighted by Crippen LogP contribution is 2.00. The number of carbonyl (C=O) groups is 2. The minimum absolute atomic E-state index is 0. The van der Waals surface area contributed by atoms with Crippen LogP contribution in [0.4, 0.5) is 0 Å². The van der Waals surface area contributed by atoms with Gasteiger partial charge < -0.3 is 15.2 Å². The summed E-state index contributed by atoms with van der Waals surface area (Å²) in [6.07, 6.45) is -0.584. The minimum Gasteiger partial charge on any atom is -0.463 e. The zero-order valence-corrected chi connectivity index (χ0v) is 10.9.